The van der Waals surface area contributed by atoms with Gasteiger partial charge in [0.15, 0.2) is 0 Å². The molecule has 0 amide bonds. The van der Waals surface area contributed by atoms with E-state index in [1.54, 1.807) is 6.20 Å². The fraction of sp³-hybridized carbons (Fsp3) is 0.571. The number of ketones is 1. The van der Waals surface area contributed by atoms with Crippen LogP contribution in [0.25, 0.3) is 0 Å². The van der Waals surface area contributed by atoms with Crippen LogP contribution in [0.15, 0.2) is 22.8 Å². The van der Waals surface area contributed by atoms with Crippen LogP contribution in [0, 0.1) is 16.7 Å². The highest BCUT2D eigenvalue weighted by molar-refractivity contribution is 9.10. The molecular weight excluding hydrogens is 278 g/mol. The molecule has 17 heavy (non-hydrogen) atoms. The molecule has 1 saturated carbocycles. The van der Waals surface area contributed by atoms with Gasteiger partial charge in [0.1, 0.15) is 5.78 Å². The van der Waals surface area contributed by atoms with Gasteiger partial charge in [-0.1, -0.05) is 27.7 Å². The van der Waals surface area contributed by atoms with Crippen molar-refractivity contribution in [3.05, 3.63) is 28.5 Å². The second kappa shape index (κ2) is 3.91. The summed E-state index contributed by atoms with van der Waals surface area (Å²) in [4.78, 5) is 16.5. The maximum absolute atomic E-state index is 12.2. The van der Waals surface area contributed by atoms with Crippen LogP contribution in [0.5, 0.6) is 0 Å². The first-order valence-corrected chi connectivity index (χ1v) is 6.69. The van der Waals surface area contributed by atoms with E-state index in [0.717, 1.165) is 10.2 Å². The average Bonchev–Trinajstić information content (AvgIpc) is 2.61. The number of hydrogen-bond acceptors (Lipinski definition) is 2. The molecule has 2 nitrogen and oxygen atoms in total. The number of pyridine rings is 1. The maximum Gasteiger partial charge on any atom is 0.143 e. The third kappa shape index (κ3) is 2.05. The molecule has 0 bridgehead atoms. The maximum atomic E-state index is 12.2. The van der Waals surface area contributed by atoms with Crippen molar-refractivity contribution < 1.29 is 4.79 Å². The standard InChI is InChI=1S/C14H18BrNO/c1-13(2)12(14(13,3)4)11(17)7-10-6-5-9(15)8-16-10/h5-6,8,12H,7H2,1-4H3. The Morgan fingerprint density at radius 2 is 1.88 bits per heavy atom. The van der Waals surface area contributed by atoms with Crippen LogP contribution in [0.2, 0.25) is 0 Å². The molecular formula is C14H18BrNO. The van der Waals surface area contributed by atoms with E-state index in [4.69, 9.17) is 0 Å². The number of halogens is 1. The molecule has 1 heterocycles. The van der Waals surface area contributed by atoms with Gasteiger partial charge in [0.2, 0.25) is 0 Å². The zero-order chi connectivity index (χ0) is 12.8. The average molecular weight is 296 g/mol. The van der Waals surface area contributed by atoms with Crippen molar-refractivity contribution in [2.75, 3.05) is 0 Å². The summed E-state index contributed by atoms with van der Waals surface area (Å²) < 4.78 is 0.945. The number of nitrogens with zero attached hydrogens (tertiary/aromatic N) is 1. The van der Waals surface area contributed by atoms with Crippen molar-refractivity contribution in [2.45, 2.75) is 34.1 Å². The fourth-order valence-electron chi connectivity index (χ4n) is 2.79. The molecule has 3 heteroatoms. The highest BCUT2D eigenvalue weighted by atomic mass is 79.9. The number of hydrogen-bond donors (Lipinski definition) is 0. The molecule has 0 unspecified atom stereocenters. The van der Waals surface area contributed by atoms with Crippen LogP contribution in [-0.2, 0) is 11.2 Å². The Hall–Kier alpha value is -0.700. The van der Waals surface area contributed by atoms with Gasteiger partial charge in [-0.25, -0.2) is 0 Å². The molecule has 92 valence electrons. The zero-order valence-electron chi connectivity index (χ0n) is 10.7. The van der Waals surface area contributed by atoms with Crippen LogP contribution < -0.4 is 0 Å². The number of rotatable bonds is 3. The molecule has 2 rings (SSSR count). The van der Waals surface area contributed by atoms with Crippen molar-refractivity contribution in [3.8, 4) is 0 Å². The van der Waals surface area contributed by atoms with E-state index in [-0.39, 0.29) is 16.7 Å². The molecule has 0 saturated heterocycles. The molecule has 1 aliphatic rings. The van der Waals surface area contributed by atoms with Crippen molar-refractivity contribution in [2.24, 2.45) is 16.7 Å². The molecule has 1 aromatic heterocycles. The van der Waals surface area contributed by atoms with E-state index in [2.05, 4.69) is 48.6 Å². The highest BCUT2D eigenvalue weighted by Crippen LogP contribution is 2.68. The summed E-state index contributed by atoms with van der Waals surface area (Å²) in [6.45, 7) is 8.68. The Morgan fingerprint density at radius 1 is 1.29 bits per heavy atom. The van der Waals surface area contributed by atoms with Crippen molar-refractivity contribution in [3.63, 3.8) is 0 Å². The predicted octanol–water partition coefficient (Wildman–Crippen LogP) is 3.64. The normalized spacial score (nSPS) is 21.2. The van der Waals surface area contributed by atoms with E-state index < -0.39 is 0 Å². The van der Waals surface area contributed by atoms with Crippen LogP contribution in [0.1, 0.15) is 33.4 Å². The molecule has 0 N–H and O–H groups in total. The lowest BCUT2D eigenvalue weighted by atomic mass is 10.0. The summed E-state index contributed by atoms with van der Waals surface area (Å²) in [6.07, 6.45) is 2.19. The largest absolute Gasteiger partial charge is 0.299 e. The third-order valence-electron chi connectivity index (χ3n) is 4.49. The van der Waals surface area contributed by atoms with Gasteiger partial charge in [-0.05, 0) is 38.9 Å². The number of aromatic nitrogens is 1. The van der Waals surface area contributed by atoms with Crippen molar-refractivity contribution in [1.29, 1.82) is 0 Å². The molecule has 0 radical (unpaired) electrons. The second-order valence-corrected chi connectivity index (χ2v) is 6.90. The van der Waals surface area contributed by atoms with Gasteiger partial charge in [0.25, 0.3) is 0 Å². The van der Waals surface area contributed by atoms with E-state index >= 15 is 0 Å². The summed E-state index contributed by atoms with van der Waals surface area (Å²) in [7, 11) is 0. The Balaban J connectivity index is 2.07. The summed E-state index contributed by atoms with van der Waals surface area (Å²) in [5, 5.41) is 0. The Kier molecular flexibility index (Phi) is 2.93. The van der Waals surface area contributed by atoms with Gasteiger partial charge in [0.05, 0.1) is 0 Å². The summed E-state index contributed by atoms with van der Waals surface area (Å²) in [6, 6.07) is 3.84. The summed E-state index contributed by atoms with van der Waals surface area (Å²) in [5.41, 5.74) is 1.11. The minimum atomic E-state index is 0.124. The van der Waals surface area contributed by atoms with Crippen molar-refractivity contribution in [1.82, 2.24) is 4.98 Å². The van der Waals surface area contributed by atoms with E-state index in [1.807, 2.05) is 12.1 Å². The van der Waals surface area contributed by atoms with Gasteiger partial charge >= 0.3 is 0 Å². The number of carbonyl (C=O) groups is 1. The van der Waals surface area contributed by atoms with Gasteiger partial charge < -0.3 is 0 Å². The number of Topliss-reactive ketones (excluding diaryl/α,β-unsaturated/α-hetero) is 1. The Morgan fingerprint density at radius 3 is 2.29 bits per heavy atom. The molecule has 1 aromatic rings. The molecule has 1 fully saturated rings. The monoisotopic (exact) mass is 295 g/mol. The fourth-order valence-corrected chi connectivity index (χ4v) is 3.03. The van der Waals surface area contributed by atoms with E-state index in [9.17, 15) is 4.79 Å². The van der Waals surface area contributed by atoms with E-state index in [0.29, 0.717) is 12.2 Å². The smallest absolute Gasteiger partial charge is 0.143 e. The lowest BCUT2D eigenvalue weighted by Crippen LogP contribution is -2.11. The summed E-state index contributed by atoms with van der Waals surface area (Å²) in [5.74, 6) is 0.482. The zero-order valence-corrected chi connectivity index (χ0v) is 12.3. The molecule has 0 aromatic carbocycles. The number of carbonyl (C=O) groups excluding carboxylic acids is 1. The quantitative estimate of drug-likeness (QED) is 0.852. The molecule has 0 aliphatic heterocycles. The van der Waals surface area contributed by atoms with Crippen molar-refractivity contribution >= 4 is 21.7 Å². The highest BCUT2D eigenvalue weighted by Gasteiger charge is 2.67. The Bertz CT molecular complexity index is 434. The van der Waals surface area contributed by atoms with E-state index in [1.165, 1.54) is 0 Å². The lowest BCUT2D eigenvalue weighted by Gasteiger charge is -2.03. The predicted molar refractivity (Wildman–Crippen MR) is 71.7 cm³/mol. The first-order chi connectivity index (χ1) is 7.76. The van der Waals surface area contributed by atoms with Gasteiger partial charge in [-0.2, -0.15) is 0 Å². The van der Waals surface area contributed by atoms with Gasteiger partial charge in [-0.3, -0.25) is 9.78 Å². The van der Waals surface area contributed by atoms with Crippen LogP contribution >= 0.6 is 15.9 Å². The second-order valence-electron chi connectivity index (χ2n) is 5.99. The van der Waals surface area contributed by atoms with Crippen LogP contribution in [0.4, 0.5) is 0 Å². The Labute approximate surface area is 111 Å². The SMILES string of the molecule is CC1(C)C(C(=O)Cc2ccc(Br)cn2)C1(C)C. The minimum absolute atomic E-state index is 0.124. The molecule has 0 atom stereocenters. The summed E-state index contributed by atoms with van der Waals surface area (Å²) >= 11 is 3.34. The topological polar surface area (TPSA) is 30.0 Å². The van der Waals surface area contributed by atoms with Gasteiger partial charge in [0, 0.05) is 28.7 Å². The first-order valence-electron chi connectivity index (χ1n) is 5.90. The molecule has 0 spiro atoms. The third-order valence-corrected chi connectivity index (χ3v) is 4.96. The van der Waals surface area contributed by atoms with Crippen LogP contribution in [0.3, 0.4) is 0 Å². The molecule has 1 aliphatic carbocycles. The minimum Gasteiger partial charge on any atom is -0.299 e. The first kappa shape index (κ1) is 12.7. The van der Waals surface area contributed by atoms with Gasteiger partial charge in [-0.15, -0.1) is 0 Å². The van der Waals surface area contributed by atoms with Crippen LogP contribution in [-0.4, -0.2) is 10.8 Å². The lowest BCUT2D eigenvalue weighted by molar-refractivity contribution is -0.120.